The molecule has 3 aromatic rings. The zero-order chi connectivity index (χ0) is 41.6. The fourth-order valence-corrected chi connectivity index (χ4v) is 10.7. The summed E-state index contributed by atoms with van der Waals surface area (Å²) in [4.78, 5) is 54.3. The molecule has 1 aliphatic carbocycles. The number of nitrogens with one attached hydrogen (secondary N) is 2. The van der Waals surface area contributed by atoms with Gasteiger partial charge < -0.3 is 24.1 Å². The number of amides is 2. The predicted molar refractivity (Wildman–Crippen MR) is 230 cm³/mol. The first-order valence-electron chi connectivity index (χ1n) is 21.5. The van der Waals surface area contributed by atoms with Crippen LogP contribution in [0.25, 0.3) is 22.2 Å². The smallest absolute Gasteiger partial charge is 0.324 e. The summed E-state index contributed by atoms with van der Waals surface area (Å²) >= 11 is 1.68. The van der Waals surface area contributed by atoms with Crippen molar-refractivity contribution in [1.82, 2.24) is 30.2 Å². The molecule has 13 nitrogen and oxygen atoms in total. The van der Waals surface area contributed by atoms with E-state index in [1.165, 1.54) is 10.6 Å². The van der Waals surface area contributed by atoms with Gasteiger partial charge in [0, 0.05) is 85.5 Å². The Kier molecular flexibility index (Phi) is 12.3. The van der Waals surface area contributed by atoms with Gasteiger partial charge in [-0.3, -0.25) is 34.3 Å². The Morgan fingerprint density at radius 1 is 1.10 bits per heavy atom. The van der Waals surface area contributed by atoms with Crippen molar-refractivity contribution in [2.75, 3.05) is 53.1 Å². The summed E-state index contributed by atoms with van der Waals surface area (Å²) in [7, 11) is 1.72. The summed E-state index contributed by atoms with van der Waals surface area (Å²) in [6.45, 7) is 18.2. The van der Waals surface area contributed by atoms with E-state index < -0.39 is 17.5 Å². The van der Waals surface area contributed by atoms with Crippen LogP contribution in [0.5, 0.6) is 0 Å². The predicted octanol–water partition coefficient (Wildman–Crippen LogP) is 5.72. The summed E-state index contributed by atoms with van der Waals surface area (Å²) < 4.78 is 20.2. The third-order valence-electron chi connectivity index (χ3n) is 13.3. The number of methoxy groups -OCH3 is 1. The van der Waals surface area contributed by atoms with E-state index in [9.17, 15) is 14.4 Å². The Bertz CT molecular complexity index is 2090. The third kappa shape index (κ3) is 8.70. The highest BCUT2D eigenvalue weighted by Crippen LogP contribution is 2.46. The number of aromatic nitrogens is 2. The molecule has 14 heteroatoms. The summed E-state index contributed by atoms with van der Waals surface area (Å²) in [5.41, 5.74) is 9.12. The number of morpholine rings is 1. The van der Waals surface area contributed by atoms with Crippen LogP contribution in [0, 0.1) is 23.2 Å². The molecule has 4 aliphatic heterocycles. The van der Waals surface area contributed by atoms with Crippen LogP contribution in [0.4, 0.5) is 0 Å². The SMILES string of the molecule is CO[C@@H](C)c1ncccc1-c1c2c3cc(ccc3n1CCN1CCOCC1)C1N=C(C[C@H](NC(=O)C3[C@@H](C)[C@H]3C)C(=O)N3CCC[C@H](N3)C(=O)OCC(C)(C)C2)SC1C. The van der Waals surface area contributed by atoms with Crippen molar-refractivity contribution in [2.24, 2.45) is 28.2 Å². The van der Waals surface area contributed by atoms with Gasteiger partial charge >= 0.3 is 5.97 Å². The second kappa shape index (κ2) is 17.3. The quantitative estimate of drug-likeness (QED) is 0.272. The maximum absolute atomic E-state index is 14.3. The molecule has 3 fully saturated rings. The van der Waals surface area contributed by atoms with Crippen molar-refractivity contribution < 1.29 is 28.6 Å². The normalized spacial score (nSPS) is 29.4. The van der Waals surface area contributed by atoms with Gasteiger partial charge in [0.05, 0.1) is 48.4 Å². The van der Waals surface area contributed by atoms with Crippen LogP contribution < -0.4 is 10.7 Å². The van der Waals surface area contributed by atoms with Crippen molar-refractivity contribution in [1.29, 1.82) is 0 Å². The molecule has 59 heavy (non-hydrogen) atoms. The van der Waals surface area contributed by atoms with Gasteiger partial charge in [0.15, 0.2) is 0 Å². The number of hydrazine groups is 1. The number of benzene rings is 1. The Morgan fingerprint density at radius 3 is 2.63 bits per heavy atom. The lowest BCUT2D eigenvalue weighted by Gasteiger charge is -2.35. The first-order valence-corrected chi connectivity index (χ1v) is 22.4. The second-order valence-corrected chi connectivity index (χ2v) is 19.5. The van der Waals surface area contributed by atoms with Gasteiger partial charge in [-0.2, -0.15) is 0 Å². The first kappa shape index (κ1) is 41.9. The molecule has 1 saturated carbocycles. The van der Waals surface area contributed by atoms with E-state index in [0.29, 0.717) is 25.8 Å². The molecule has 6 heterocycles. The minimum atomic E-state index is -0.819. The number of ether oxygens (including phenoxy) is 3. The standard InChI is InChI=1S/C45H61N7O6S/c1-26-27(2)38(26)42(53)47-35-23-37-48-40(29(4)59-37)30-12-13-36-32(22-30)33(24-45(5,6)25-58-44(55)34-11-9-15-52(49-34)43(35)54)41(31-10-8-14-46-39(31)28(3)56-7)51(36)17-16-50-18-20-57-21-19-50/h8,10,12-14,22,26-29,34-35,38,40,49H,9,11,15-21,23-25H2,1-7H3,(H,47,53)/t26-,27+,28-,29?,34-,35-,38?,40?/m0/s1. The fourth-order valence-electron chi connectivity index (χ4n) is 9.46. The van der Waals surface area contributed by atoms with Gasteiger partial charge in [-0.05, 0) is 73.4 Å². The molecule has 8 atom stereocenters. The lowest BCUT2D eigenvalue weighted by Crippen LogP contribution is -2.60. The average Bonchev–Trinajstić information content (AvgIpc) is 3.51. The molecule has 318 valence electrons. The molecule has 2 amide bonds. The highest BCUT2D eigenvalue weighted by Gasteiger charge is 2.49. The number of esters is 1. The van der Waals surface area contributed by atoms with E-state index in [-0.39, 0.29) is 66.0 Å². The molecule has 2 saturated heterocycles. The minimum absolute atomic E-state index is 0.0996. The van der Waals surface area contributed by atoms with Gasteiger partial charge in [0.2, 0.25) is 5.91 Å². The van der Waals surface area contributed by atoms with Crippen molar-refractivity contribution >= 4 is 45.5 Å². The van der Waals surface area contributed by atoms with Gasteiger partial charge in [-0.25, -0.2) is 5.43 Å². The van der Waals surface area contributed by atoms with E-state index in [0.717, 1.165) is 77.9 Å². The van der Waals surface area contributed by atoms with Crippen molar-refractivity contribution in [3.05, 3.63) is 53.3 Å². The Morgan fingerprint density at radius 2 is 1.88 bits per heavy atom. The summed E-state index contributed by atoms with van der Waals surface area (Å²) in [5, 5.41) is 6.73. The Balaban J connectivity index is 1.25. The van der Waals surface area contributed by atoms with Gasteiger partial charge in [-0.15, -0.1) is 11.8 Å². The molecule has 5 aliphatic rings. The zero-order valence-corrected chi connectivity index (χ0v) is 36.5. The molecule has 8 rings (SSSR count). The maximum Gasteiger partial charge on any atom is 0.324 e. The summed E-state index contributed by atoms with van der Waals surface area (Å²) in [6.07, 6.45) is 3.68. The van der Waals surface area contributed by atoms with E-state index in [2.05, 4.69) is 79.1 Å². The van der Waals surface area contributed by atoms with Crippen LogP contribution in [0.15, 0.2) is 41.5 Å². The number of carbonyl (C=O) groups is 3. The summed E-state index contributed by atoms with van der Waals surface area (Å²) in [6, 6.07) is 9.27. The van der Waals surface area contributed by atoms with Crippen molar-refractivity contribution in [2.45, 2.75) is 103 Å². The molecular weight excluding hydrogens is 767 g/mol. The number of nitrogens with zero attached hydrogens (tertiary/aromatic N) is 5. The highest BCUT2D eigenvalue weighted by atomic mass is 32.2. The Labute approximate surface area is 352 Å². The van der Waals surface area contributed by atoms with Gasteiger partial charge in [0.25, 0.3) is 5.91 Å². The number of thioether (sulfide) groups is 1. The third-order valence-corrected chi connectivity index (χ3v) is 14.4. The van der Waals surface area contributed by atoms with E-state index in [1.54, 1.807) is 18.9 Å². The number of rotatable bonds is 8. The summed E-state index contributed by atoms with van der Waals surface area (Å²) in [5.74, 6) is -0.320. The number of carbonyl (C=O) groups excluding carboxylic acids is 3. The average molecular weight is 828 g/mol. The molecule has 0 spiro atoms. The van der Waals surface area contributed by atoms with E-state index >= 15 is 0 Å². The number of hydrogen-bond donors (Lipinski definition) is 2. The van der Waals surface area contributed by atoms with Crippen LogP contribution >= 0.6 is 11.8 Å². The van der Waals surface area contributed by atoms with Gasteiger partial charge in [-0.1, -0.05) is 40.7 Å². The van der Waals surface area contributed by atoms with E-state index in [4.69, 9.17) is 24.2 Å². The molecular formula is C45H61N7O6S. The molecule has 2 aromatic heterocycles. The van der Waals surface area contributed by atoms with Crippen molar-refractivity contribution in [3.63, 3.8) is 0 Å². The molecule has 0 radical (unpaired) electrons. The van der Waals surface area contributed by atoms with Gasteiger partial charge in [0.1, 0.15) is 12.1 Å². The number of hydrogen-bond acceptors (Lipinski definition) is 11. The number of pyridine rings is 1. The monoisotopic (exact) mass is 827 g/mol. The topological polar surface area (TPSA) is 140 Å². The van der Waals surface area contributed by atoms with Crippen LogP contribution in [-0.2, 0) is 41.6 Å². The molecule has 6 bridgehead atoms. The van der Waals surface area contributed by atoms with Crippen LogP contribution in [-0.4, -0.2) is 113 Å². The highest BCUT2D eigenvalue weighted by molar-refractivity contribution is 8.14. The van der Waals surface area contributed by atoms with Crippen LogP contribution in [0.1, 0.15) is 89.8 Å². The van der Waals surface area contributed by atoms with Crippen LogP contribution in [0.2, 0.25) is 0 Å². The first-order chi connectivity index (χ1) is 28.3. The van der Waals surface area contributed by atoms with E-state index in [1.807, 2.05) is 19.2 Å². The maximum atomic E-state index is 14.3. The largest absolute Gasteiger partial charge is 0.464 e. The lowest BCUT2D eigenvalue weighted by atomic mass is 9.84. The molecule has 3 unspecified atom stereocenters. The zero-order valence-electron chi connectivity index (χ0n) is 35.7. The van der Waals surface area contributed by atoms with Crippen molar-refractivity contribution in [3.8, 4) is 11.3 Å². The second-order valence-electron chi connectivity index (χ2n) is 18.1. The number of aliphatic imine (C=N–C) groups is 1. The number of cyclic esters (lactones) is 1. The molecule has 1 aromatic carbocycles. The Hall–Kier alpha value is -3.82. The molecule has 2 N–H and O–H groups in total. The van der Waals surface area contributed by atoms with Crippen LogP contribution in [0.3, 0.4) is 0 Å². The number of fused-ring (bicyclic) bond motifs is 5. The fraction of sp³-hybridized carbons (Fsp3) is 0.622. The lowest BCUT2D eigenvalue weighted by molar-refractivity contribution is -0.155. The minimum Gasteiger partial charge on any atom is -0.464 e.